The molecule has 1 rings (SSSR count). The van der Waals surface area contributed by atoms with Crippen LogP contribution < -0.4 is 11.6 Å². The molecule has 0 amide bonds. The molecule has 0 aliphatic heterocycles. The monoisotopic (exact) mass is 240 g/mol. The minimum absolute atomic E-state index is 0.141. The fourth-order valence-electron chi connectivity index (χ4n) is 1.40. The van der Waals surface area contributed by atoms with Gasteiger partial charge in [-0.3, -0.25) is 0 Å². The third-order valence-corrected chi connectivity index (χ3v) is 2.20. The lowest BCUT2D eigenvalue weighted by Gasteiger charge is -2.09. The standard InChI is InChI=1S/C10H14N4O3/c11-8(6-17-12)10(14-16)9(13-15)7-4-2-1-3-5-7/h1-5,8H,6,11H2,12H3,(H-,15,16)/p+2/b13-9+,14-10+. The highest BCUT2D eigenvalue weighted by Crippen LogP contribution is 2.04. The molecule has 92 valence electrons. The van der Waals surface area contributed by atoms with Crippen molar-refractivity contribution in [2.75, 3.05) is 6.61 Å². The molecule has 17 heavy (non-hydrogen) atoms. The van der Waals surface area contributed by atoms with Gasteiger partial charge < -0.3 is 16.1 Å². The SMILES string of the molecule is [NH3+]OCC([NH3+])C(=N\O)/C(=N/O)c1ccccc1. The summed E-state index contributed by atoms with van der Waals surface area (Å²) in [6.07, 6.45) is 0. The number of hydrogen-bond donors (Lipinski definition) is 4. The van der Waals surface area contributed by atoms with Gasteiger partial charge in [0, 0.05) is 5.56 Å². The third-order valence-electron chi connectivity index (χ3n) is 2.20. The first-order valence-corrected chi connectivity index (χ1v) is 4.94. The first kappa shape index (κ1) is 13.1. The molecule has 0 aromatic heterocycles. The molecular weight excluding hydrogens is 224 g/mol. The molecule has 0 aliphatic carbocycles. The second-order valence-electron chi connectivity index (χ2n) is 3.37. The quantitative estimate of drug-likeness (QED) is 0.283. The van der Waals surface area contributed by atoms with Gasteiger partial charge in [-0.2, -0.15) is 0 Å². The molecule has 0 saturated heterocycles. The summed E-state index contributed by atoms with van der Waals surface area (Å²) in [5, 5.41) is 24.2. The van der Waals surface area contributed by atoms with Crippen LogP contribution in [0.3, 0.4) is 0 Å². The van der Waals surface area contributed by atoms with Gasteiger partial charge in [0.1, 0.15) is 5.71 Å². The zero-order chi connectivity index (χ0) is 12.7. The number of benzene rings is 1. The number of hydrogen-bond acceptors (Lipinski definition) is 5. The van der Waals surface area contributed by atoms with Crippen LogP contribution in [-0.4, -0.2) is 34.5 Å². The van der Waals surface area contributed by atoms with Crippen LogP contribution in [0.1, 0.15) is 5.56 Å². The lowest BCUT2D eigenvalue weighted by atomic mass is 10.0. The van der Waals surface area contributed by atoms with Gasteiger partial charge >= 0.3 is 0 Å². The Bertz CT molecular complexity index is 405. The van der Waals surface area contributed by atoms with Crippen molar-refractivity contribution in [1.29, 1.82) is 0 Å². The van der Waals surface area contributed by atoms with Gasteiger partial charge in [-0.15, -0.1) is 0 Å². The molecule has 1 unspecified atom stereocenters. The summed E-state index contributed by atoms with van der Waals surface area (Å²) in [7, 11) is 0. The Morgan fingerprint density at radius 3 is 2.35 bits per heavy atom. The van der Waals surface area contributed by atoms with E-state index in [0.29, 0.717) is 5.56 Å². The first-order valence-electron chi connectivity index (χ1n) is 4.94. The molecule has 1 aromatic rings. The van der Waals surface area contributed by atoms with Gasteiger partial charge in [-0.05, 0) is 0 Å². The Morgan fingerprint density at radius 1 is 1.24 bits per heavy atom. The summed E-state index contributed by atoms with van der Waals surface area (Å²) >= 11 is 0. The van der Waals surface area contributed by atoms with Crippen molar-refractivity contribution in [2.24, 2.45) is 10.3 Å². The molecule has 1 atom stereocenters. The minimum atomic E-state index is -0.483. The van der Waals surface area contributed by atoms with Gasteiger partial charge in [0.05, 0.1) is 0 Å². The molecule has 0 heterocycles. The molecule has 0 saturated carbocycles. The average molecular weight is 240 g/mol. The van der Waals surface area contributed by atoms with Crippen LogP contribution in [0.2, 0.25) is 0 Å². The van der Waals surface area contributed by atoms with Crippen LogP contribution in [0.5, 0.6) is 0 Å². The van der Waals surface area contributed by atoms with Gasteiger partial charge in [0.2, 0.25) is 0 Å². The largest absolute Gasteiger partial charge is 0.410 e. The molecule has 0 aliphatic rings. The molecule has 0 radical (unpaired) electrons. The summed E-state index contributed by atoms with van der Waals surface area (Å²) in [6, 6.07) is 8.38. The van der Waals surface area contributed by atoms with Gasteiger partial charge in [0.15, 0.2) is 18.4 Å². The molecule has 7 heteroatoms. The lowest BCUT2D eigenvalue weighted by Crippen LogP contribution is -2.70. The predicted octanol–water partition coefficient (Wildman–Crippen LogP) is -1.52. The number of nitrogens with zero attached hydrogens (tertiary/aromatic N) is 2. The van der Waals surface area contributed by atoms with Gasteiger partial charge in [-0.1, -0.05) is 40.6 Å². The molecule has 1 aromatic carbocycles. The Hall–Kier alpha value is -1.96. The van der Waals surface area contributed by atoms with Crippen molar-refractivity contribution < 1.29 is 26.9 Å². The van der Waals surface area contributed by atoms with E-state index in [2.05, 4.69) is 26.8 Å². The van der Waals surface area contributed by atoms with Crippen LogP contribution in [0.4, 0.5) is 0 Å². The van der Waals surface area contributed by atoms with Crippen molar-refractivity contribution in [3.8, 4) is 0 Å². The van der Waals surface area contributed by atoms with Gasteiger partial charge in [0.25, 0.3) is 0 Å². The molecule has 0 fully saturated rings. The van der Waals surface area contributed by atoms with E-state index in [1.807, 2.05) is 6.07 Å². The lowest BCUT2D eigenvalue weighted by molar-refractivity contribution is -0.696. The molecular formula is C10H16N4O3+2. The molecule has 0 spiro atoms. The van der Waals surface area contributed by atoms with E-state index >= 15 is 0 Å². The van der Waals surface area contributed by atoms with Gasteiger partial charge in [-0.25, -0.2) is 10.7 Å². The third kappa shape index (κ3) is 3.25. The fraction of sp³-hybridized carbons (Fsp3) is 0.200. The van der Waals surface area contributed by atoms with E-state index in [1.54, 1.807) is 24.3 Å². The predicted molar refractivity (Wildman–Crippen MR) is 59.5 cm³/mol. The van der Waals surface area contributed by atoms with Crippen LogP contribution in [0.15, 0.2) is 40.6 Å². The van der Waals surface area contributed by atoms with E-state index in [1.165, 1.54) is 0 Å². The highest BCUT2D eigenvalue weighted by Gasteiger charge is 2.24. The van der Waals surface area contributed by atoms with Crippen molar-refractivity contribution >= 4 is 11.4 Å². The highest BCUT2D eigenvalue weighted by molar-refractivity contribution is 6.49. The molecule has 8 N–H and O–H groups in total. The Labute approximate surface area is 97.9 Å². The second kappa shape index (κ2) is 6.59. The van der Waals surface area contributed by atoms with Crippen LogP contribution >= 0.6 is 0 Å². The van der Waals surface area contributed by atoms with Crippen molar-refractivity contribution in [3.05, 3.63) is 35.9 Å². The second-order valence-corrected chi connectivity index (χ2v) is 3.37. The maximum Gasteiger partial charge on any atom is 0.169 e. The maximum absolute atomic E-state index is 9.01. The maximum atomic E-state index is 9.01. The fourth-order valence-corrected chi connectivity index (χ4v) is 1.40. The first-order chi connectivity index (χ1) is 8.24. The topological polar surface area (TPSA) is 130 Å². The van der Waals surface area contributed by atoms with E-state index in [-0.39, 0.29) is 18.0 Å². The molecule has 0 bridgehead atoms. The minimum Gasteiger partial charge on any atom is -0.410 e. The Balaban J connectivity index is 3.02. The zero-order valence-corrected chi connectivity index (χ0v) is 9.28. The molecule has 7 nitrogen and oxygen atoms in total. The normalized spacial score (nSPS) is 14.7. The summed E-state index contributed by atoms with van der Waals surface area (Å²) in [6.45, 7) is 0.158. The summed E-state index contributed by atoms with van der Waals surface area (Å²) in [4.78, 5) is 4.68. The smallest absolute Gasteiger partial charge is 0.169 e. The summed E-state index contributed by atoms with van der Waals surface area (Å²) in [5.41, 5.74) is 4.67. The zero-order valence-electron chi connectivity index (χ0n) is 9.28. The van der Waals surface area contributed by atoms with E-state index in [0.717, 1.165) is 0 Å². The van der Waals surface area contributed by atoms with E-state index in [4.69, 9.17) is 10.4 Å². The average Bonchev–Trinajstić information content (AvgIpc) is 2.37. The van der Waals surface area contributed by atoms with Crippen LogP contribution in [0, 0.1) is 0 Å². The van der Waals surface area contributed by atoms with Crippen molar-refractivity contribution in [2.45, 2.75) is 6.04 Å². The van der Waals surface area contributed by atoms with Crippen molar-refractivity contribution in [3.63, 3.8) is 0 Å². The van der Waals surface area contributed by atoms with E-state index in [9.17, 15) is 0 Å². The Morgan fingerprint density at radius 2 is 1.88 bits per heavy atom. The Kier molecular flexibility index (Phi) is 5.08. The number of oxime groups is 2. The van der Waals surface area contributed by atoms with Crippen molar-refractivity contribution in [1.82, 2.24) is 0 Å². The summed E-state index contributed by atoms with van der Waals surface area (Å²) in [5.74, 6) is 3.22. The summed E-state index contributed by atoms with van der Waals surface area (Å²) < 4.78 is 0. The number of rotatable bonds is 5. The highest BCUT2D eigenvalue weighted by atomic mass is 16.6. The number of quaternary nitrogens is 2. The van der Waals surface area contributed by atoms with Crippen LogP contribution in [0.25, 0.3) is 0 Å². The van der Waals surface area contributed by atoms with Crippen LogP contribution in [-0.2, 0) is 4.84 Å². The van der Waals surface area contributed by atoms with E-state index < -0.39 is 6.04 Å².